The van der Waals surface area contributed by atoms with Crippen molar-refractivity contribution in [2.75, 3.05) is 40.9 Å². The largest absolute Gasteiger partial charge is 0.756 e. The molecule has 3 unspecified atom stereocenters. The number of allylic oxidation sites excluding steroid dienone is 7. The van der Waals surface area contributed by atoms with E-state index in [2.05, 4.69) is 55.6 Å². The molecule has 0 rings (SSSR count). The molecule has 0 aromatic rings. The fourth-order valence-electron chi connectivity index (χ4n) is 9.67. The number of quaternary nitrogens is 1. The van der Waals surface area contributed by atoms with Crippen LogP contribution in [0.15, 0.2) is 48.6 Å². The van der Waals surface area contributed by atoms with Gasteiger partial charge in [0.1, 0.15) is 13.2 Å². The van der Waals surface area contributed by atoms with Crippen LogP contribution in [0.5, 0.6) is 0 Å². The van der Waals surface area contributed by atoms with Gasteiger partial charge < -0.3 is 28.8 Å². The van der Waals surface area contributed by atoms with E-state index < -0.39 is 26.6 Å². The average Bonchev–Trinajstić information content (AvgIpc) is 3.37. The van der Waals surface area contributed by atoms with Gasteiger partial charge in [-0.15, -0.1) is 0 Å². The summed E-state index contributed by atoms with van der Waals surface area (Å²) in [5.74, 6) is -0.209. The van der Waals surface area contributed by atoms with E-state index >= 15 is 0 Å². The van der Waals surface area contributed by atoms with Crippen molar-refractivity contribution in [1.82, 2.24) is 5.32 Å². The summed E-state index contributed by atoms with van der Waals surface area (Å²) in [6.07, 6.45) is 76.5. The van der Waals surface area contributed by atoms with Crippen molar-refractivity contribution in [3.63, 3.8) is 0 Å². The van der Waals surface area contributed by atoms with Crippen molar-refractivity contribution in [3.8, 4) is 0 Å². The van der Waals surface area contributed by atoms with E-state index in [1.807, 2.05) is 27.2 Å². The van der Waals surface area contributed by atoms with Crippen LogP contribution < -0.4 is 10.2 Å². The first-order valence-corrected chi connectivity index (χ1v) is 34.0. The third-order valence-corrected chi connectivity index (χ3v) is 15.7. The third kappa shape index (κ3) is 60.0. The fraction of sp³-hybridized carbons (Fsp3) is 0.864. The summed E-state index contributed by atoms with van der Waals surface area (Å²) < 4.78 is 23.4. The second-order valence-electron chi connectivity index (χ2n) is 23.5. The average molecular weight is 1080 g/mol. The van der Waals surface area contributed by atoms with Crippen molar-refractivity contribution in [2.45, 2.75) is 328 Å². The fourth-order valence-corrected chi connectivity index (χ4v) is 10.4. The van der Waals surface area contributed by atoms with Crippen molar-refractivity contribution in [2.24, 2.45) is 0 Å². The number of likely N-dealkylation sites (N-methyl/N-ethyl adjacent to an activating group) is 1. The molecule has 2 N–H and O–H groups in total. The minimum Gasteiger partial charge on any atom is -0.756 e. The number of unbranched alkanes of at least 4 members (excludes halogenated alkanes) is 41. The Labute approximate surface area is 467 Å². The molecule has 442 valence electrons. The van der Waals surface area contributed by atoms with E-state index in [1.54, 1.807) is 6.08 Å². The first-order valence-electron chi connectivity index (χ1n) is 32.5. The highest BCUT2D eigenvalue weighted by Gasteiger charge is 2.23. The number of carbonyl (C=O) groups is 1. The molecule has 0 aliphatic heterocycles. The molecule has 0 aromatic carbocycles. The maximum absolute atomic E-state index is 13.0. The zero-order valence-corrected chi connectivity index (χ0v) is 51.4. The first-order chi connectivity index (χ1) is 36.5. The third-order valence-electron chi connectivity index (χ3n) is 14.8. The number of aliphatic hydroxyl groups excluding tert-OH is 1. The molecule has 0 aromatic heterocycles. The van der Waals surface area contributed by atoms with Crippen LogP contribution in [0.1, 0.15) is 316 Å². The van der Waals surface area contributed by atoms with Crippen LogP contribution in [-0.2, 0) is 18.4 Å². The van der Waals surface area contributed by atoms with Gasteiger partial charge in [-0.25, -0.2) is 0 Å². The van der Waals surface area contributed by atoms with Gasteiger partial charge in [0.05, 0.1) is 39.9 Å². The summed E-state index contributed by atoms with van der Waals surface area (Å²) >= 11 is 0. The molecule has 0 radical (unpaired) electrons. The number of phosphoric acid groups is 1. The van der Waals surface area contributed by atoms with Gasteiger partial charge in [0, 0.05) is 6.42 Å². The van der Waals surface area contributed by atoms with Crippen LogP contribution in [0.2, 0.25) is 0 Å². The Morgan fingerprint density at radius 2 is 0.787 bits per heavy atom. The van der Waals surface area contributed by atoms with Crippen molar-refractivity contribution < 1.29 is 32.9 Å². The summed E-state index contributed by atoms with van der Waals surface area (Å²) in [6.45, 7) is 4.65. The van der Waals surface area contributed by atoms with Crippen LogP contribution in [0, 0.1) is 0 Å². The normalized spacial score (nSPS) is 14.1. The smallest absolute Gasteiger partial charge is 0.268 e. The van der Waals surface area contributed by atoms with Crippen LogP contribution in [0.3, 0.4) is 0 Å². The standard InChI is InChI=1S/C66H127N2O6P/c1-6-8-10-12-14-16-18-20-22-24-26-28-29-30-31-32-33-34-35-36-37-38-40-41-43-45-47-49-51-53-55-57-59-65(69)64(63-74-75(71,72)73-62-61-68(3,4)5)67-66(70)60-58-56-54-52-50-48-46-44-42-39-27-25-23-21-19-17-15-13-11-9-7-2/h19,21,25,27,49,51,57,59,64-65,69H,6-18,20,22-24,26,28-48,50,52-56,58,60-63H2,1-5H3,(H-,67,70,71,72)/b21-19-,27-25-,51-49+,59-57+. The SMILES string of the molecule is CCCCCCC/C=C\C/C=C\CCCCCCCCCCCC(=O)NC(COP(=O)([O-])OCC[N+](C)(C)C)C(O)/C=C/CC/C=C/CCCCCCCCCCCCCCCCCCCCCCCCCCCC. The van der Waals surface area contributed by atoms with Crippen molar-refractivity contribution >= 4 is 13.7 Å². The van der Waals surface area contributed by atoms with Crippen LogP contribution in [-0.4, -0.2) is 68.5 Å². The molecule has 0 heterocycles. The second kappa shape index (κ2) is 57.2. The Bertz CT molecular complexity index is 1360. The molecule has 0 bridgehead atoms. The molecule has 0 saturated carbocycles. The van der Waals surface area contributed by atoms with E-state index in [0.29, 0.717) is 17.4 Å². The number of aliphatic hydroxyl groups is 1. The summed E-state index contributed by atoms with van der Waals surface area (Å²) in [5, 5.41) is 13.9. The van der Waals surface area contributed by atoms with E-state index in [-0.39, 0.29) is 12.5 Å². The predicted octanol–water partition coefficient (Wildman–Crippen LogP) is 19.6. The van der Waals surface area contributed by atoms with Crippen LogP contribution in [0.25, 0.3) is 0 Å². The molecular formula is C66H127N2O6P. The maximum atomic E-state index is 13.0. The van der Waals surface area contributed by atoms with E-state index in [4.69, 9.17) is 9.05 Å². The molecule has 8 nitrogen and oxygen atoms in total. The lowest BCUT2D eigenvalue weighted by atomic mass is 10.0. The van der Waals surface area contributed by atoms with Gasteiger partial charge in [-0.2, -0.15) is 0 Å². The van der Waals surface area contributed by atoms with Gasteiger partial charge in [-0.1, -0.05) is 294 Å². The molecule has 0 saturated heterocycles. The second-order valence-corrected chi connectivity index (χ2v) is 24.9. The topological polar surface area (TPSA) is 108 Å². The lowest BCUT2D eigenvalue weighted by Crippen LogP contribution is -2.45. The van der Waals surface area contributed by atoms with Crippen molar-refractivity contribution in [1.29, 1.82) is 0 Å². The number of nitrogens with one attached hydrogen (secondary N) is 1. The highest BCUT2D eigenvalue weighted by molar-refractivity contribution is 7.45. The monoisotopic (exact) mass is 1070 g/mol. The Morgan fingerprint density at radius 1 is 0.467 bits per heavy atom. The Balaban J connectivity index is 4.13. The van der Waals surface area contributed by atoms with Gasteiger partial charge in [0.15, 0.2) is 0 Å². The first kappa shape index (κ1) is 73.5. The predicted molar refractivity (Wildman–Crippen MR) is 325 cm³/mol. The quantitative estimate of drug-likeness (QED) is 0.0272. The van der Waals surface area contributed by atoms with Crippen molar-refractivity contribution in [3.05, 3.63) is 48.6 Å². The van der Waals surface area contributed by atoms with Gasteiger partial charge >= 0.3 is 0 Å². The highest BCUT2D eigenvalue weighted by atomic mass is 31.2. The van der Waals surface area contributed by atoms with Gasteiger partial charge in [0.2, 0.25) is 5.91 Å². The molecule has 3 atom stereocenters. The minimum absolute atomic E-state index is 0.00772. The van der Waals surface area contributed by atoms with Crippen LogP contribution >= 0.6 is 7.82 Å². The van der Waals surface area contributed by atoms with Gasteiger partial charge in [-0.3, -0.25) is 9.36 Å². The molecule has 1 amide bonds. The molecule has 9 heteroatoms. The molecule has 0 aliphatic rings. The highest BCUT2D eigenvalue weighted by Crippen LogP contribution is 2.38. The van der Waals surface area contributed by atoms with Gasteiger partial charge in [0.25, 0.3) is 7.82 Å². The van der Waals surface area contributed by atoms with E-state index in [0.717, 1.165) is 44.9 Å². The summed E-state index contributed by atoms with van der Waals surface area (Å²) in [5.41, 5.74) is 0. The maximum Gasteiger partial charge on any atom is 0.268 e. The summed E-state index contributed by atoms with van der Waals surface area (Å²) in [6, 6.07) is -0.908. The summed E-state index contributed by atoms with van der Waals surface area (Å²) in [4.78, 5) is 25.5. The number of hydrogen-bond donors (Lipinski definition) is 2. The van der Waals surface area contributed by atoms with Gasteiger partial charge in [-0.05, 0) is 64.2 Å². The number of phosphoric ester groups is 1. The van der Waals surface area contributed by atoms with E-state index in [9.17, 15) is 19.4 Å². The minimum atomic E-state index is -4.61. The molecule has 0 spiro atoms. The van der Waals surface area contributed by atoms with Crippen LogP contribution in [0.4, 0.5) is 0 Å². The molecule has 0 aliphatic carbocycles. The lowest BCUT2D eigenvalue weighted by molar-refractivity contribution is -0.870. The number of carbonyl (C=O) groups excluding carboxylic acids is 1. The molecule has 0 fully saturated rings. The molecule has 75 heavy (non-hydrogen) atoms. The Kier molecular flexibility index (Phi) is 56.0. The summed E-state index contributed by atoms with van der Waals surface area (Å²) in [7, 11) is 1.25. The lowest BCUT2D eigenvalue weighted by Gasteiger charge is -2.29. The number of rotatable bonds is 60. The molecular weight excluding hydrogens is 948 g/mol. The Morgan fingerprint density at radius 3 is 1.16 bits per heavy atom. The Hall–Kier alpha value is -1.54. The van der Waals surface area contributed by atoms with E-state index in [1.165, 1.54) is 250 Å². The number of amides is 1. The number of nitrogens with zero attached hydrogens (tertiary/aromatic N) is 1. The zero-order chi connectivity index (χ0) is 54.9. The zero-order valence-electron chi connectivity index (χ0n) is 50.5. The number of hydrogen-bond acceptors (Lipinski definition) is 6.